The van der Waals surface area contributed by atoms with E-state index >= 15 is 0 Å². The molecule has 6 nitrogen and oxygen atoms in total. The van der Waals surface area contributed by atoms with Gasteiger partial charge in [-0.15, -0.1) is 0 Å². The normalized spacial score (nSPS) is 19.2. The summed E-state index contributed by atoms with van der Waals surface area (Å²) >= 11 is 0. The third-order valence-corrected chi connectivity index (χ3v) is 4.42. The predicted octanol–water partition coefficient (Wildman–Crippen LogP) is 3.11. The van der Waals surface area contributed by atoms with Crippen LogP contribution in [0.3, 0.4) is 0 Å². The number of esters is 1. The second kappa shape index (κ2) is 10.00. The van der Waals surface area contributed by atoms with Gasteiger partial charge in [0.25, 0.3) is 0 Å². The van der Waals surface area contributed by atoms with Gasteiger partial charge in [-0.1, -0.05) is 12.8 Å². The van der Waals surface area contributed by atoms with Crippen molar-refractivity contribution in [2.75, 3.05) is 13.2 Å². The Morgan fingerprint density at radius 3 is 2.24 bits per heavy atom. The Morgan fingerprint density at radius 2 is 1.64 bits per heavy atom. The van der Waals surface area contributed by atoms with Crippen molar-refractivity contribution in [3.63, 3.8) is 0 Å². The van der Waals surface area contributed by atoms with Gasteiger partial charge >= 0.3 is 12.0 Å². The fourth-order valence-corrected chi connectivity index (χ4v) is 3.84. The summed E-state index contributed by atoms with van der Waals surface area (Å²) in [5.41, 5.74) is 0.0528. The summed E-state index contributed by atoms with van der Waals surface area (Å²) in [6.45, 7) is 11.6. The summed E-state index contributed by atoms with van der Waals surface area (Å²) in [6, 6.07) is 0.112. The van der Waals surface area contributed by atoms with Crippen molar-refractivity contribution in [3.8, 4) is 0 Å². The van der Waals surface area contributed by atoms with E-state index in [2.05, 4.69) is 43.6 Å². The summed E-state index contributed by atoms with van der Waals surface area (Å²) < 4.78 is 4.89. The van der Waals surface area contributed by atoms with Crippen LogP contribution in [0.25, 0.3) is 0 Å². The highest BCUT2D eigenvalue weighted by Gasteiger charge is 2.38. The SMILES string of the molecule is CCOC(=O)CCCCCCNC(=O)NC1CC(C)(C)NC(C)(C)C1. The van der Waals surface area contributed by atoms with Gasteiger partial charge in [-0.25, -0.2) is 4.79 Å². The first kappa shape index (κ1) is 21.7. The highest BCUT2D eigenvalue weighted by Crippen LogP contribution is 2.28. The van der Waals surface area contributed by atoms with Gasteiger partial charge in [0.05, 0.1) is 6.61 Å². The number of amides is 2. The van der Waals surface area contributed by atoms with Crippen molar-refractivity contribution >= 4 is 12.0 Å². The van der Waals surface area contributed by atoms with Crippen LogP contribution in [0.5, 0.6) is 0 Å². The fourth-order valence-electron chi connectivity index (χ4n) is 3.84. The molecule has 25 heavy (non-hydrogen) atoms. The number of unbranched alkanes of at least 4 members (excludes halogenated alkanes) is 3. The van der Waals surface area contributed by atoms with Gasteiger partial charge in [-0.3, -0.25) is 4.79 Å². The van der Waals surface area contributed by atoms with Gasteiger partial charge in [0.15, 0.2) is 0 Å². The molecular weight excluding hydrogens is 318 g/mol. The van der Waals surface area contributed by atoms with Gasteiger partial charge < -0.3 is 20.7 Å². The topological polar surface area (TPSA) is 79.5 Å². The molecule has 0 unspecified atom stereocenters. The van der Waals surface area contributed by atoms with Crippen LogP contribution in [0.4, 0.5) is 4.79 Å². The molecule has 3 N–H and O–H groups in total. The molecule has 0 aromatic rings. The van der Waals surface area contributed by atoms with Crippen molar-refractivity contribution in [2.24, 2.45) is 0 Å². The fraction of sp³-hybridized carbons (Fsp3) is 0.895. The third kappa shape index (κ3) is 9.68. The molecule has 1 aliphatic rings. The zero-order valence-electron chi connectivity index (χ0n) is 16.7. The predicted molar refractivity (Wildman–Crippen MR) is 101 cm³/mol. The van der Waals surface area contributed by atoms with Crippen LogP contribution < -0.4 is 16.0 Å². The molecule has 0 aliphatic carbocycles. The van der Waals surface area contributed by atoms with Crippen LogP contribution >= 0.6 is 0 Å². The van der Waals surface area contributed by atoms with Crippen LogP contribution in [0.15, 0.2) is 0 Å². The third-order valence-electron chi connectivity index (χ3n) is 4.42. The molecule has 0 radical (unpaired) electrons. The van der Waals surface area contributed by atoms with Crippen molar-refractivity contribution in [3.05, 3.63) is 0 Å². The summed E-state index contributed by atoms with van der Waals surface area (Å²) in [5.74, 6) is -0.118. The second-order valence-electron chi connectivity index (χ2n) is 8.37. The first-order valence-corrected chi connectivity index (χ1v) is 9.63. The van der Waals surface area contributed by atoms with Gasteiger partial charge in [-0.2, -0.15) is 0 Å². The number of hydrogen-bond donors (Lipinski definition) is 3. The number of urea groups is 1. The zero-order chi connectivity index (χ0) is 18.9. The van der Waals surface area contributed by atoms with Gasteiger partial charge in [-0.05, 0) is 60.3 Å². The van der Waals surface area contributed by atoms with Crippen molar-refractivity contribution in [2.45, 2.75) is 96.7 Å². The zero-order valence-corrected chi connectivity index (χ0v) is 16.7. The Kier molecular flexibility index (Phi) is 8.69. The summed E-state index contributed by atoms with van der Waals surface area (Å²) in [4.78, 5) is 23.3. The molecule has 1 heterocycles. The molecule has 146 valence electrons. The Bertz CT molecular complexity index is 420. The standard InChI is InChI=1S/C19H37N3O3/c1-6-25-16(23)11-9-7-8-10-12-20-17(24)21-15-13-18(2,3)22-19(4,5)14-15/h15,22H,6-14H2,1-5H3,(H2,20,21,24). The molecule has 1 fully saturated rings. The largest absolute Gasteiger partial charge is 0.466 e. The van der Waals surface area contributed by atoms with Crippen molar-refractivity contribution < 1.29 is 14.3 Å². The summed E-state index contributed by atoms with van der Waals surface area (Å²) in [5, 5.41) is 9.67. The van der Waals surface area contributed by atoms with E-state index in [1.165, 1.54) is 0 Å². The van der Waals surface area contributed by atoms with E-state index in [4.69, 9.17) is 4.74 Å². The molecule has 6 heteroatoms. The van der Waals surface area contributed by atoms with Crippen LogP contribution in [0, 0.1) is 0 Å². The number of carbonyl (C=O) groups excluding carboxylic acids is 2. The molecule has 2 amide bonds. The monoisotopic (exact) mass is 355 g/mol. The van der Waals surface area contributed by atoms with Gasteiger partial charge in [0, 0.05) is 30.1 Å². The smallest absolute Gasteiger partial charge is 0.315 e. The number of rotatable bonds is 9. The Hall–Kier alpha value is -1.30. The number of piperidine rings is 1. The quantitative estimate of drug-likeness (QED) is 0.439. The van der Waals surface area contributed by atoms with E-state index in [0.717, 1.165) is 38.5 Å². The average Bonchev–Trinajstić information content (AvgIpc) is 2.43. The number of hydrogen-bond acceptors (Lipinski definition) is 4. The summed E-state index contributed by atoms with van der Waals surface area (Å²) in [6.07, 6.45) is 6.12. The van der Waals surface area contributed by atoms with Crippen LogP contribution in [0.1, 0.15) is 79.6 Å². The summed E-state index contributed by atoms with van der Waals surface area (Å²) in [7, 11) is 0. The minimum absolute atomic E-state index is 0.0264. The molecule has 0 atom stereocenters. The maximum atomic E-state index is 12.1. The van der Waals surface area contributed by atoms with Crippen LogP contribution in [-0.2, 0) is 9.53 Å². The minimum Gasteiger partial charge on any atom is -0.466 e. The first-order valence-electron chi connectivity index (χ1n) is 9.63. The molecule has 0 aromatic heterocycles. The lowest BCUT2D eigenvalue weighted by Gasteiger charge is -2.46. The molecule has 0 saturated carbocycles. The highest BCUT2D eigenvalue weighted by molar-refractivity contribution is 5.74. The number of nitrogens with one attached hydrogen (secondary N) is 3. The van der Waals surface area contributed by atoms with E-state index in [1.807, 2.05) is 6.92 Å². The molecular formula is C19H37N3O3. The first-order chi connectivity index (χ1) is 11.6. The van der Waals surface area contributed by atoms with E-state index in [-0.39, 0.29) is 29.1 Å². The number of ether oxygens (including phenoxy) is 1. The lowest BCUT2D eigenvalue weighted by Crippen LogP contribution is -2.62. The lowest BCUT2D eigenvalue weighted by atomic mass is 9.80. The van der Waals surface area contributed by atoms with Crippen LogP contribution in [0.2, 0.25) is 0 Å². The van der Waals surface area contributed by atoms with E-state index in [9.17, 15) is 9.59 Å². The maximum absolute atomic E-state index is 12.1. The molecule has 1 rings (SSSR count). The van der Waals surface area contributed by atoms with Gasteiger partial charge in [0.1, 0.15) is 0 Å². The average molecular weight is 356 g/mol. The van der Waals surface area contributed by atoms with E-state index in [1.54, 1.807) is 0 Å². The number of carbonyl (C=O) groups is 2. The minimum atomic E-state index is -0.118. The maximum Gasteiger partial charge on any atom is 0.315 e. The highest BCUT2D eigenvalue weighted by atomic mass is 16.5. The van der Waals surface area contributed by atoms with Crippen molar-refractivity contribution in [1.82, 2.24) is 16.0 Å². The molecule has 1 aliphatic heterocycles. The lowest BCUT2D eigenvalue weighted by molar-refractivity contribution is -0.143. The Labute approximate surface area is 152 Å². The molecule has 1 saturated heterocycles. The molecule has 0 aromatic carbocycles. The molecule has 0 bridgehead atoms. The van der Waals surface area contributed by atoms with Crippen molar-refractivity contribution in [1.29, 1.82) is 0 Å². The van der Waals surface area contributed by atoms with Crippen LogP contribution in [-0.4, -0.2) is 42.3 Å². The van der Waals surface area contributed by atoms with E-state index in [0.29, 0.717) is 19.6 Å². The molecule has 0 spiro atoms. The Morgan fingerprint density at radius 1 is 1.04 bits per heavy atom. The van der Waals surface area contributed by atoms with Gasteiger partial charge in [0.2, 0.25) is 0 Å². The van der Waals surface area contributed by atoms with E-state index < -0.39 is 0 Å². The Balaban J connectivity index is 2.12. The second-order valence-corrected chi connectivity index (χ2v) is 8.37.